The van der Waals surface area contributed by atoms with Gasteiger partial charge < -0.3 is 25.8 Å². The normalized spacial score (nSPS) is 23.8. The maximum Gasteiger partial charge on any atom is 0.269 e. The van der Waals surface area contributed by atoms with E-state index in [0.29, 0.717) is 21.9 Å². The van der Waals surface area contributed by atoms with E-state index >= 15 is 0 Å². The van der Waals surface area contributed by atoms with Gasteiger partial charge in [0.1, 0.15) is 28.9 Å². The number of nitro groups is 1. The number of fused-ring (bicyclic) bond motifs is 1. The molecule has 1 aliphatic rings. The predicted molar refractivity (Wildman–Crippen MR) is 105 cm³/mol. The summed E-state index contributed by atoms with van der Waals surface area (Å²) in [6, 6.07) is 6.17. The molecule has 0 bridgehead atoms. The fourth-order valence-corrected chi connectivity index (χ4v) is 4.10. The van der Waals surface area contributed by atoms with Crippen LogP contribution in [0.3, 0.4) is 0 Å². The number of nitrogens with two attached hydrogens (primary N) is 1. The van der Waals surface area contributed by atoms with Crippen LogP contribution in [0.5, 0.6) is 0 Å². The van der Waals surface area contributed by atoms with Gasteiger partial charge in [-0.2, -0.15) is 4.98 Å². The fraction of sp³-hybridized carbons (Fsp3) is 0.353. The fourth-order valence-electron chi connectivity index (χ4n) is 3.17. The molecule has 2 aromatic heterocycles. The van der Waals surface area contributed by atoms with Gasteiger partial charge in [-0.05, 0) is 5.56 Å². The van der Waals surface area contributed by atoms with E-state index in [1.165, 1.54) is 34.8 Å². The number of nitrogen functional groups attached to an aromatic ring is 1. The van der Waals surface area contributed by atoms with E-state index in [1.54, 1.807) is 12.1 Å². The van der Waals surface area contributed by atoms with Gasteiger partial charge in [-0.25, -0.2) is 9.97 Å². The second kappa shape index (κ2) is 8.12. The van der Waals surface area contributed by atoms with Crippen molar-refractivity contribution in [1.82, 2.24) is 19.5 Å². The first kappa shape index (κ1) is 20.4. The molecule has 3 heterocycles. The van der Waals surface area contributed by atoms with Crippen molar-refractivity contribution in [3.05, 3.63) is 46.3 Å². The van der Waals surface area contributed by atoms with Crippen molar-refractivity contribution in [2.75, 3.05) is 12.3 Å². The van der Waals surface area contributed by atoms with Gasteiger partial charge in [-0.3, -0.25) is 14.7 Å². The van der Waals surface area contributed by atoms with E-state index in [-0.39, 0.29) is 11.6 Å². The number of thioether (sulfide) groups is 1. The third-order valence-corrected chi connectivity index (χ3v) is 5.76. The minimum Gasteiger partial charge on any atom is -0.394 e. The van der Waals surface area contributed by atoms with Gasteiger partial charge in [-0.1, -0.05) is 23.9 Å². The number of ether oxygens (including phenoxy) is 1. The average Bonchev–Trinajstić information content (AvgIpc) is 3.27. The molecule has 4 rings (SSSR count). The van der Waals surface area contributed by atoms with E-state index in [2.05, 4.69) is 15.0 Å². The van der Waals surface area contributed by atoms with Crippen molar-refractivity contribution in [1.29, 1.82) is 0 Å². The quantitative estimate of drug-likeness (QED) is 0.180. The summed E-state index contributed by atoms with van der Waals surface area (Å²) in [7, 11) is 0. The van der Waals surface area contributed by atoms with Crippen LogP contribution >= 0.6 is 11.8 Å². The zero-order valence-corrected chi connectivity index (χ0v) is 16.2. The number of hydrogen-bond donors (Lipinski definition) is 4. The first-order valence-corrected chi connectivity index (χ1v) is 9.86. The second-order valence-electron chi connectivity index (χ2n) is 6.65. The van der Waals surface area contributed by atoms with Crippen LogP contribution in [0.15, 0.2) is 35.6 Å². The number of aromatic nitrogens is 4. The van der Waals surface area contributed by atoms with E-state index in [1.807, 2.05) is 0 Å². The highest BCUT2D eigenvalue weighted by Crippen LogP contribution is 2.34. The van der Waals surface area contributed by atoms with Gasteiger partial charge in [-0.15, -0.1) is 0 Å². The molecule has 13 heteroatoms. The molecule has 30 heavy (non-hydrogen) atoms. The Balaban J connectivity index is 1.60. The third kappa shape index (κ3) is 3.68. The van der Waals surface area contributed by atoms with Gasteiger partial charge in [0.2, 0.25) is 5.95 Å². The molecule has 0 spiro atoms. The summed E-state index contributed by atoms with van der Waals surface area (Å²) >= 11 is 1.32. The van der Waals surface area contributed by atoms with Gasteiger partial charge in [0.25, 0.3) is 5.69 Å². The summed E-state index contributed by atoms with van der Waals surface area (Å²) in [5.41, 5.74) is 7.43. The third-order valence-electron chi connectivity index (χ3n) is 4.72. The van der Waals surface area contributed by atoms with Crippen LogP contribution in [0.4, 0.5) is 11.6 Å². The summed E-state index contributed by atoms with van der Waals surface area (Å²) < 4.78 is 6.97. The van der Waals surface area contributed by atoms with Crippen molar-refractivity contribution in [2.24, 2.45) is 0 Å². The number of nitro benzene ring substituents is 1. The molecule has 0 unspecified atom stereocenters. The Hall–Kier alpha value is -2.84. The van der Waals surface area contributed by atoms with Crippen LogP contribution < -0.4 is 5.73 Å². The number of imidazole rings is 1. The maximum absolute atomic E-state index is 10.8. The van der Waals surface area contributed by atoms with E-state index in [4.69, 9.17) is 10.5 Å². The highest BCUT2D eigenvalue weighted by molar-refractivity contribution is 7.98. The van der Waals surface area contributed by atoms with Crippen molar-refractivity contribution < 1.29 is 25.0 Å². The van der Waals surface area contributed by atoms with Gasteiger partial charge in [0.05, 0.1) is 17.9 Å². The number of aliphatic hydroxyl groups is 3. The smallest absolute Gasteiger partial charge is 0.269 e. The highest BCUT2D eigenvalue weighted by Gasteiger charge is 2.44. The number of benzene rings is 1. The van der Waals surface area contributed by atoms with Crippen LogP contribution in [-0.4, -0.2) is 64.7 Å². The van der Waals surface area contributed by atoms with Crippen LogP contribution in [0.1, 0.15) is 11.8 Å². The van der Waals surface area contributed by atoms with Crippen LogP contribution in [0.2, 0.25) is 0 Å². The van der Waals surface area contributed by atoms with Crippen molar-refractivity contribution >= 4 is 34.6 Å². The lowest BCUT2D eigenvalue weighted by Gasteiger charge is -2.16. The molecular weight excluding hydrogens is 416 g/mol. The zero-order valence-electron chi connectivity index (χ0n) is 15.4. The molecule has 5 N–H and O–H groups in total. The molecular formula is C17H18N6O6S. The largest absolute Gasteiger partial charge is 0.394 e. The Morgan fingerprint density at radius 1 is 1.23 bits per heavy atom. The highest BCUT2D eigenvalue weighted by atomic mass is 32.2. The number of rotatable bonds is 6. The number of hydrogen-bond acceptors (Lipinski definition) is 11. The van der Waals surface area contributed by atoms with Gasteiger partial charge in [0, 0.05) is 17.9 Å². The lowest BCUT2D eigenvalue weighted by atomic mass is 10.1. The molecule has 1 aromatic carbocycles. The number of aliphatic hydroxyl groups excluding tert-OH is 3. The standard InChI is InChI=1S/C17H18N6O6S/c18-17-20-14-11(19-7-22(14)16-13(26)12(25)10(5-24)29-16)15(21-17)30-6-8-1-3-9(4-2-8)23(27)28/h1-4,7,10,12-13,16,24-26H,5-6H2,(H2,18,20,21)/t10-,12+,13+,16-/m1/s1. The number of non-ortho nitro benzene ring substituents is 1. The Bertz CT molecular complexity index is 1080. The zero-order chi connectivity index (χ0) is 21.4. The van der Waals surface area contributed by atoms with Crippen molar-refractivity contribution in [2.45, 2.75) is 35.3 Å². The Kier molecular flexibility index (Phi) is 5.53. The SMILES string of the molecule is Nc1nc(SCc2ccc([N+](=O)[O-])cc2)c2ncn([C@@H]3O[C@H](CO)[C@H](O)[C@@H]3O)c2n1. The van der Waals surface area contributed by atoms with Gasteiger partial charge >= 0.3 is 0 Å². The summed E-state index contributed by atoms with van der Waals surface area (Å²) in [6.07, 6.45) is -3.07. The minimum absolute atomic E-state index is 0.00894. The first-order chi connectivity index (χ1) is 14.4. The summed E-state index contributed by atoms with van der Waals surface area (Å²) in [5.74, 6) is 0.451. The topological polar surface area (TPSA) is 183 Å². The maximum atomic E-state index is 10.8. The number of nitrogens with zero attached hydrogens (tertiary/aromatic N) is 5. The summed E-state index contributed by atoms with van der Waals surface area (Å²) in [4.78, 5) is 23.0. The number of anilines is 1. The molecule has 4 atom stereocenters. The second-order valence-corrected chi connectivity index (χ2v) is 7.62. The summed E-state index contributed by atoms with van der Waals surface area (Å²) in [6.45, 7) is -0.450. The lowest BCUT2D eigenvalue weighted by molar-refractivity contribution is -0.384. The molecule has 0 amide bonds. The van der Waals surface area contributed by atoms with Gasteiger partial charge in [0.15, 0.2) is 11.9 Å². The molecule has 1 aliphatic heterocycles. The molecule has 0 radical (unpaired) electrons. The van der Waals surface area contributed by atoms with Crippen molar-refractivity contribution in [3.8, 4) is 0 Å². The van der Waals surface area contributed by atoms with Crippen molar-refractivity contribution in [3.63, 3.8) is 0 Å². The van der Waals surface area contributed by atoms with E-state index in [9.17, 15) is 25.4 Å². The monoisotopic (exact) mass is 434 g/mol. The average molecular weight is 434 g/mol. The van der Waals surface area contributed by atoms with Crippen LogP contribution in [-0.2, 0) is 10.5 Å². The Labute approximate surface area is 173 Å². The molecule has 12 nitrogen and oxygen atoms in total. The lowest BCUT2D eigenvalue weighted by Crippen LogP contribution is -2.33. The molecule has 1 fully saturated rings. The molecule has 0 saturated carbocycles. The van der Waals surface area contributed by atoms with E-state index in [0.717, 1.165) is 5.56 Å². The first-order valence-electron chi connectivity index (χ1n) is 8.87. The minimum atomic E-state index is -1.29. The Morgan fingerprint density at radius 2 is 1.97 bits per heavy atom. The molecule has 1 saturated heterocycles. The Morgan fingerprint density at radius 3 is 2.60 bits per heavy atom. The molecule has 3 aromatic rings. The predicted octanol–water partition coefficient (Wildman–Crippen LogP) is 0.220. The van der Waals surface area contributed by atoms with Crippen LogP contribution in [0.25, 0.3) is 11.2 Å². The van der Waals surface area contributed by atoms with E-state index < -0.39 is 36.1 Å². The van der Waals surface area contributed by atoms with Crippen LogP contribution in [0, 0.1) is 10.1 Å². The molecule has 0 aliphatic carbocycles. The molecule has 158 valence electrons. The summed E-state index contributed by atoms with van der Waals surface area (Å²) in [5, 5.41) is 40.8.